The predicted octanol–water partition coefficient (Wildman–Crippen LogP) is 3.05. The smallest absolute Gasteiger partial charge is 0.0778 e. The number of benzene rings is 1. The van der Waals surface area contributed by atoms with Crippen molar-refractivity contribution in [1.82, 2.24) is 20.1 Å². The molecule has 126 valence electrons. The van der Waals surface area contributed by atoms with E-state index in [9.17, 15) is 0 Å². The minimum absolute atomic E-state index is 0.133. The number of hydrogen-bond acceptors (Lipinski definition) is 3. The molecule has 0 radical (unpaired) electrons. The van der Waals surface area contributed by atoms with Gasteiger partial charge in [-0.25, -0.2) is 0 Å². The molecule has 1 aliphatic carbocycles. The molecule has 1 aromatic carbocycles. The molecule has 0 saturated heterocycles. The summed E-state index contributed by atoms with van der Waals surface area (Å²) in [5.74, 6) is 0. The molecule has 1 fully saturated rings. The van der Waals surface area contributed by atoms with Crippen molar-refractivity contribution in [2.75, 3.05) is 6.54 Å². The third-order valence-corrected chi connectivity index (χ3v) is 5.62. The molecule has 0 spiro atoms. The molecule has 5 rings (SSSR count). The summed E-state index contributed by atoms with van der Waals surface area (Å²) in [6, 6.07) is 15.1. The van der Waals surface area contributed by atoms with E-state index in [0.29, 0.717) is 0 Å². The van der Waals surface area contributed by atoms with Crippen LogP contribution in [0.1, 0.15) is 40.9 Å². The van der Waals surface area contributed by atoms with Crippen LogP contribution in [0.2, 0.25) is 0 Å². The second-order valence-corrected chi connectivity index (χ2v) is 7.16. The van der Waals surface area contributed by atoms with Crippen LogP contribution in [0.15, 0.2) is 54.9 Å². The van der Waals surface area contributed by atoms with E-state index >= 15 is 0 Å². The lowest BCUT2D eigenvalue weighted by Crippen LogP contribution is -2.26. The Morgan fingerprint density at radius 2 is 1.84 bits per heavy atom. The molecular weight excluding hydrogens is 308 g/mol. The fourth-order valence-corrected chi connectivity index (χ4v) is 4.14. The number of nitrogens with zero attached hydrogens (tertiary/aromatic N) is 3. The van der Waals surface area contributed by atoms with Gasteiger partial charge in [-0.1, -0.05) is 30.3 Å². The summed E-state index contributed by atoms with van der Waals surface area (Å²) in [4.78, 5) is 4.13. The normalized spacial score (nSPS) is 17.9. The number of pyridine rings is 1. The highest BCUT2D eigenvalue weighted by Gasteiger charge is 2.50. The Hall–Kier alpha value is -2.46. The zero-order chi connectivity index (χ0) is 16.7. The molecule has 0 amide bonds. The van der Waals surface area contributed by atoms with Gasteiger partial charge >= 0.3 is 0 Å². The number of rotatable bonds is 4. The first-order chi connectivity index (χ1) is 12.4. The molecule has 0 unspecified atom stereocenters. The van der Waals surface area contributed by atoms with E-state index in [1.807, 2.05) is 12.4 Å². The van der Waals surface area contributed by atoms with Gasteiger partial charge in [0, 0.05) is 48.6 Å². The van der Waals surface area contributed by atoms with Crippen LogP contribution in [0.4, 0.5) is 0 Å². The quantitative estimate of drug-likeness (QED) is 0.799. The molecule has 3 aromatic rings. The van der Waals surface area contributed by atoms with Crippen molar-refractivity contribution in [3.8, 4) is 0 Å². The molecule has 1 saturated carbocycles. The molecule has 2 aliphatic rings. The van der Waals surface area contributed by atoms with Gasteiger partial charge in [-0.05, 0) is 36.1 Å². The van der Waals surface area contributed by atoms with Crippen LogP contribution in [0.5, 0.6) is 0 Å². The summed E-state index contributed by atoms with van der Waals surface area (Å²) in [5.41, 5.74) is 6.95. The number of aromatic nitrogens is 3. The fraction of sp³-hybridized carbons (Fsp3) is 0.333. The van der Waals surface area contributed by atoms with E-state index in [1.165, 1.54) is 40.9 Å². The van der Waals surface area contributed by atoms with E-state index in [-0.39, 0.29) is 5.41 Å². The fourth-order valence-electron chi connectivity index (χ4n) is 4.14. The molecular formula is C21H22N4. The van der Waals surface area contributed by atoms with Crippen molar-refractivity contribution in [2.24, 2.45) is 0 Å². The third-order valence-electron chi connectivity index (χ3n) is 5.62. The maximum Gasteiger partial charge on any atom is 0.0778 e. The average molecular weight is 330 g/mol. The molecule has 1 N–H and O–H groups in total. The van der Waals surface area contributed by atoms with Crippen molar-refractivity contribution < 1.29 is 0 Å². The number of hydrogen-bond donors (Lipinski definition) is 1. The van der Waals surface area contributed by atoms with Crippen LogP contribution in [0, 0.1) is 0 Å². The Kier molecular flexibility index (Phi) is 3.45. The molecule has 25 heavy (non-hydrogen) atoms. The maximum absolute atomic E-state index is 5.15. The van der Waals surface area contributed by atoms with E-state index in [1.54, 1.807) is 0 Å². The minimum atomic E-state index is 0.133. The summed E-state index contributed by atoms with van der Waals surface area (Å²) in [7, 11) is 0. The molecule has 1 aliphatic heterocycles. The van der Waals surface area contributed by atoms with Gasteiger partial charge in [-0.2, -0.15) is 5.10 Å². The SMILES string of the molecule is c1ccc(C2(c3nn(Cc4ccncc4)c4c3CNCC4)CC2)cc1. The lowest BCUT2D eigenvalue weighted by molar-refractivity contribution is 0.582. The zero-order valence-electron chi connectivity index (χ0n) is 14.3. The van der Waals surface area contributed by atoms with Gasteiger partial charge in [-0.15, -0.1) is 0 Å². The van der Waals surface area contributed by atoms with Crippen LogP contribution in [-0.4, -0.2) is 21.3 Å². The van der Waals surface area contributed by atoms with Crippen molar-refractivity contribution in [1.29, 1.82) is 0 Å². The Balaban J connectivity index is 1.59. The first-order valence-electron chi connectivity index (χ1n) is 9.11. The van der Waals surface area contributed by atoms with Gasteiger partial charge in [0.15, 0.2) is 0 Å². The Morgan fingerprint density at radius 3 is 2.60 bits per heavy atom. The lowest BCUT2D eigenvalue weighted by Gasteiger charge is -2.19. The summed E-state index contributed by atoms with van der Waals surface area (Å²) < 4.78 is 2.24. The number of fused-ring (bicyclic) bond motifs is 1. The second kappa shape index (κ2) is 5.81. The molecule has 2 aromatic heterocycles. The molecule has 4 heteroatoms. The summed E-state index contributed by atoms with van der Waals surface area (Å²) >= 11 is 0. The van der Waals surface area contributed by atoms with E-state index in [4.69, 9.17) is 5.10 Å². The van der Waals surface area contributed by atoms with Crippen molar-refractivity contribution in [3.05, 3.63) is 82.9 Å². The predicted molar refractivity (Wildman–Crippen MR) is 97.4 cm³/mol. The topological polar surface area (TPSA) is 42.7 Å². The van der Waals surface area contributed by atoms with Crippen LogP contribution >= 0.6 is 0 Å². The highest BCUT2D eigenvalue weighted by atomic mass is 15.3. The Morgan fingerprint density at radius 1 is 1.04 bits per heavy atom. The largest absolute Gasteiger partial charge is 0.312 e. The van der Waals surface area contributed by atoms with Crippen LogP contribution < -0.4 is 5.32 Å². The van der Waals surface area contributed by atoms with Gasteiger partial charge in [0.05, 0.1) is 12.2 Å². The zero-order valence-corrected chi connectivity index (χ0v) is 14.3. The Bertz CT molecular complexity index is 879. The van der Waals surface area contributed by atoms with Gasteiger partial charge in [0.1, 0.15) is 0 Å². The van der Waals surface area contributed by atoms with Gasteiger partial charge < -0.3 is 5.32 Å². The first-order valence-corrected chi connectivity index (χ1v) is 9.11. The molecule has 0 atom stereocenters. The number of nitrogens with one attached hydrogen (secondary N) is 1. The van der Waals surface area contributed by atoms with Crippen molar-refractivity contribution in [2.45, 2.75) is 37.8 Å². The third kappa shape index (κ3) is 2.48. The molecule has 3 heterocycles. The summed E-state index contributed by atoms with van der Waals surface area (Å²) in [5, 5.41) is 8.70. The first kappa shape index (κ1) is 14.8. The van der Waals surface area contributed by atoms with Crippen LogP contribution in [0.3, 0.4) is 0 Å². The van der Waals surface area contributed by atoms with Crippen molar-refractivity contribution >= 4 is 0 Å². The highest BCUT2D eigenvalue weighted by molar-refractivity contribution is 5.47. The molecule has 0 bridgehead atoms. The van der Waals surface area contributed by atoms with Crippen LogP contribution in [-0.2, 0) is 24.9 Å². The summed E-state index contributed by atoms with van der Waals surface area (Å²) in [6.07, 6.45) is 7.18. The highest BCUT2D eigenvalue weighted by Crippen LogP contribution is 2.54. The second-order valence-electron chi connectivity index (χ2n) is 7.16. The van der Waals surface area contributed by atoms with Gasteiger partial charge in [0.25, 0.3) is 0 Å². The Labute approximate surface area is 147 Å². The monoisotopic (exact) mass is 330 g/mol. The van der Waals surface area contributed by atoms with Crippen molar-refractivity contribution in [3.63, 3.8) is 0 Å². The maximum atomic E-state index is 5.15. The average Bonchev–Trinajstić information content (AvgIpc) is 3.41. The van der Waals surface area contributed by atoms with Gasteiger partial charge in [0.2, 0.25) is 0 Å². The minimum Gasteiger partial charge on any atom is -0.312 e. The molecule has 4 nitrogen and oxygen atoms in total. The van der Waals surface area contributed by atoms with E-state index in [0.717, 1.165) is 26.1 Å². The lowest BCUT2D eigenvalue weighted by atomic mass is 9.88. The van der Waals surface area contributed by atoms with E-state index < -0.39 is 0 Å². The standard InChI is InChI=1S/C21H22N4/c1-2-4-17(5-3-1)21(9-10-21)20-18-14-23-13-8-19(18)25(24-20)15-16-6-11-22-12-7-16/h1-7,11-12,23H,8-10,13-15H2. The van der Waals surface area contributed by atoms with Crippen LogP contribution in [0.25, 0.3) is 0 Å². The van der Waals surface area contributed by atoms with E-state index in [2.05, 4.69) is 57.4 Å². The summed E-state index contributed by atoms with van der Waals surface area (Å²) in [6.45, 7) is 2.80. The van der Waals surface area contributed by atoms with Gasteiger partial charge in [-0.3, -0.25) is 9.67 Å².